The lowest BCUT2D eigenvalue weighted by Gasteiger charge is -2.27. The number of benzene rings is 1. The van der Waals surface area contributed by atoms with E-state index in [0.717, 1.165) is 18.8 Å². The van der Waals surface area contributed by atoms with E-state index in [9.17, 15) is 4.79 Å². The van der Waals surface area contributed by atoms with Gasteiger partial charge in [-0.1, -0.05) is 12.1 Å². The van der Waals surface area contributed by atoms with E-state index in [-0.39, 0.29) is 18.4 Å². The van der Waals surface area contributed by atoms with Gasteiger partial charge in [0.2, 0.25) is 0 Å². The second-order valence-electron chi connectivity index (χ2n) is 5.34. The van der Waals surface area contributed by atoms with Crippen LogP contribution in [0.3, 0.4) is 0 Å². The summed E-state index contributed by atoms with van der Waals surface area (Å²) in [5, 5.41) is 6.32. The summed E-state index contributed by atoms with van der Waals surface area (Å²) in [5.41, 5.74) is 2.20. The second kappa shape index (κ2) is 7.64. The van der Waals surface area contributed by atoms with Crippen LogP contribution in [0.15, 0.2) is 24.3 Å². The summed E-state index contributed by atoms with van der Waals surface area (Å²) in [6.07, 6.45) is 1.19. The lowest BCUT2D eigenvalue weighted by Crippen LogP contribution is -2.43. The van der Waals surface area contributed by atoms with Gasteiger partial charge in [0.25, 0.3) is 0 Å². The van der Waals surface area contributed by atoms with Crippen LogP contribution in [0, 0.1) is 0 Å². The summed E-state index contributed by atoms with van der Waals surface area (Å²) < 4.78 is 5.25. The number of hydrogen-bond acceptors (Lipinski definition) is 3. The molecule has 2 aliphatic heterocycles. The van der Waals surface area contributed by atoms with E-state index in [1.807, 2.05) is 12.1 Å². The third kappa shape index (κ3) is 4.09. The molecule has 0 radical (unpaired) electrons. The van der Waals surface area contributed by atoms with Crippen molar-refractivity contribution in [3.63, 3.8) is 0 Å². The Bertz CT molecular complexity index is 454. The smallest absolute Gasteiger partial charge is 0.321 e. The average Bonchev–Trinajstić information content (AvgIpc) is 3.03. The van der Waals surface area contributed by atoms with Crippen LogP contribution in [0.4, 0.5) is 10.5 Å². The molecule has 5 nitrogen and oxygen atoms in total. The van der Waals surface area contributed by atoms with Gasteiger partial charge >= 0.3 is 6.03 Å². The van der Waals surface area contributed by atoms with Gasteiger partial charge in [0, 0.05) is 25.3 Å². The Hall–Kier alpha value is -1.30. The lowest BCUT2D eigenvalue weighted by molar-refractivity contribution is 0.0564. The topological polar surface area (TPSA) is 53.6 Å². The molecule has 0 spiro atoms. The van der Waals surface area contributed by atoms with Crippen LogP contribution >= 0.6 is 12.4 Å². The third-order valence-corrected chi connectivity index (χ3v) is 3.99. The van der Waals surface area contributed by atoms with Gasteiger partial charge in [-0.2, -0.15) is 0 Å². The number of urea groups is 1. The van der Waals surface area contributed by atoms with Crippen LogP contribution in [-0.2, 0) is 4.74 Å². The molecule has 3 rings (SSSR count). The summed E-state index contributed by atoms with van der Waals surface area (Å²) in [6, 6.07) is 8.18. The van der Waals surface area contributed by atoms with Gasteiger partial charge < -0.3 is 20.3 Å². The first-order valence-electron chi connectivity index (χ1n) is 7.27. The largest absolute Gasteiger partial charge is 0.378 e. The molecule has 6 heteroatoms. The average molecular weight is 312 g/mol. The molecule has 2 fully saturated rings. The molecule has 2 amide bonds. The summed E-state index contributed by atoms with van der Waals surface area (Å²) in [4.78, 5) is 13.8. The zero-order valence-corrected chi connectivity index (χ0v) is 12.8. The van der Waals surface area contributed by atoms with E-state index >= 15 is 0 Å². The molecular formula is C15H22ClN3O2. The highest BCUT2D eigenvalue weighted by molar-refractivity contribution is 5.89. The number of ether oxygens (including phenoxy) is 1. The Balaban J connectivity index is 0.00000161. The maximum Gasteiger partial charge on any atom is 0.321 e. The first kappa shape index (κ1) is 16.1. The number of nitrogens with zero attached hydrogens (tertiary/aromatic N) is 1. The fraction of sp³-hybridized carbons (Fsp3) is 0.533. The maximum atomic E-state index is 12.1. The minimum Gasteiger partial charge on any atom is -0.378 e. The number of halogens is 1. The molecule has 21 heavy (non-hydrogen) atoms. The van der Waals surface area contributed by atoms with Crippen molar-refractivity contribution in [2.24, 2.45) is 0 Å². The highest BCUT2D eigenvalue weighted by Crippen LogP contribution is 2.23. The van der Waals surface area contributed by atoms with Crippen molar-refractivity contribution in [1.29, 1.82) is 0 Å². The molecular weight excluding hydrogens is 290 g/mol. The first-order chi connectivity index (χ1) is 9.83. The van der Waals surface area contributed by atoms with Gasteiger partial charge in [0.05, 0.1) is 13.2 Å². The van der Waals surface area contributed by atoms with E-state index in [0.29, 0.717) is 32.2 Å². The van der Waals surface area contributed by atoms with Crippen LogP contribution in [0.25, 0.3) is 0 Å². The normalized spacial score (nSPS) is 21.7. The molecule has 1 unspecified atom stereocenters. The molecule has 2 N–H and O–H groups in total. The molecule has 116 valence electrons. The molecule has 0 saturated carbocycles. The molecule has 0 aliphatic carbocycles. The highest BCUT2D eigenvalue weighted by Gasteiger charge is 2.18. The quantitative estimate of drug-likeness (QED) is 0.879. The second-order valence-corrected chi connectivity index (χ2v) is 5.34. The number of amides is 2. The van der Waals surface area contributed by atoms with Gasteiger partial charge in [-0.15, -0.1) is 12.4 Å². The summed E-state index contributed by atoms with van der Waals surface area (Å²) >= 11 is 0. The third-order valence-electron chi connectivity index (χ3n) is 3.99. The number of carbonyl (C=O) groups is 1. The number of morpholine rings is 1. The van der Waals surface area contributed by atoms with Crippen molar-refractivity contribution in [2.45, 2.75) is 12.3 Å². The summed E-state index contributed by atoms with van der Waals surface area (Å²) in [6.45, 7) is 4.73. The lowest BCUT2D eigenvalue weighted by atomic mass is 9.98. The zero-order chi connectivity index (χ0) is 13.8. The van der Waals surface area contributed by atoms with Gasteiger partial charge in [-0.3, -0.25) is 0 Å². The molecule has 2 saturated heterocycles. The van der Waals surface area contributed by atoms with Gasteiger partial charge in [0.1, 0.15) is 0 Å². The van der Waals surface area contributed by atoms with Gasteiger partial charge in [-0.05, 0) is 36.6 Å². The SMILES string of the molecule is Cl.O=C(Nc1ccc(C2CCNC2)cc1)N1CCOCC1. The van der Waals surface area contributed by atoms with Crippen molar-refractivity contribution in [3.8, 4) is 0 Å². The highest BCUT2D eigenvalue weighted by atomic mass is 35.5. The summed E-state index contributed by atoms with van der Waals surface area (Å²) in [7, 11) is 0. The molecule has 0 bridgehead atoms. The Morgan fingerprint density at radius 3 is 2.57 bits per heavy atom. The van der Waals surface area contributed by atoms with E-state index in [1.165, 1.54) is 12.0 Å². The van der Waals surface area contributed by atoms with Crippen molar-refractivity contribution in [3.05, 3.63) is 29.8 Å². The van der Waals surface area contributed by atoms with E-state index in [1.54, 1.807) is 4.90 Å². The molecule has 2 aliphatic rings. The van der Waals surface area contributed by atoms with Crippen LogP contribution in [0.2, 0.25) is 0 Å². The minimum absolute atomic E-state index is 0. The van der Waals surface area contributed by atoms with Crippen molar-refractivity contribution >= 4 is 24.1 Å². The molecule has 1 aromatic rings. The van der Waals surface area contributed by atoms with Crippen LogP contribution < -0.4 is 10.6 Å². The number of rotatable bonds is 2. The number of hydrogen-bond donors (Lipinski definition) is 2. The fourth-order valence-electron chi connectivity index (χ4n) is 2.75. The van der Waals surface area contributed by atoms with E-state index in [2.05, 4.69) is 22.8 Å². The van der Waals surface area contributed by atoms with E-state index in [4.69, 9.17) is 4.74 Å². The summed E-state index contributed by atoms with van der Waals surface area (Å²) in [5.74, 6) is 0.610. The molecule has 1 aromatic carbocycles. The van der Waals surface area contributed by atoms with Crippen molar-refractivity contribution in [1.82, 2.24) is 10.2 Å². The predicted octanol–water partition coefficient (Wildman–Crippen LogP) is 2.05. The van der Waals surface area contributed by atoms with Crippen LogP contribution in [0.5, 0.6) is 0 Å². The first-order valence-corrected chi connectivity index (χ1v) is 7.27. The zero-order valence-electron chi connectivity index (χ0n) is 12.0. The van der Waals surface area contributed by atoms with Crippen molar-refractivity contribution in [2.75, 3.05) is 44.7 Å². The Labute approximate surface area is 131 Å². The van der Waals surface area contributed by atoms with E-state index < -0.39 is 0 Å². The molecule has 2 heterocycles. The Morgan fingerprint density at radius 1 is 1.24 bits per heavy atom. The maximum absolute atomic E-state index is 12.1. The number of anilines is 1. The monoisotopic (exact) mass is 311 g/mol. The Kier molecular flexibility index (Phi) is 5.85. The standard InChI is InChI=1S/C15H21N3O2.ClH/c19-15(18-7-9-20-10-8-18)17-14-3-1-12(2-4-14)13-5-6-16-11-13;/h1-4,13,16H,5-11H2,(H,17,19);1H. The molecule has 0 aromatic heterocycles. The van der Waals surface area contributed by atoms with Gasteiger partial charge in [0.15, 0.2) is 0 Å². The van der Waals surface area contributed by atoms with Gasteiger partial charge in [-0.25, -0.2) is 4.79 Å². The van der Waals surface area contributed by atoms with Crippen LogP contribution in [-0.4, -0.2) is 50.3 Å². The number of carbonyl (C=O) groups excluding carboxylic acids is 1. The van der Waals surface area contributed by atoms with Crippen molar-refractivity contribution < 1.29 is 9.53 Å². The fourth-order valence-corrected chi connectivity index (χ4v) is 2.75. The van der Waals surface area contributed by atoms with Crippen LogP contribution in [0.1, 0.15) is 17.9 Å². The Morgan fingerprint density at radius 2 is 1.95 bits per heavy atom. The number of nitrogens with one attached hydrogen (secondary N) is 2. The molecule has 1 atom stereocenters. The predicted molar refractivity (Wildman–Crippen MR) is 85.3 cm³/mol. The minimum atomic E-state index is -0.0383.